The van der Waals surface area contributed by atoms with Crippen LogP contribution in [0.25, 0.3) is 0 Å². The van der Waals surface area contributed by atoms with Crippen molar-refractivity contribution in [2.45, 2.75) is 26.3 Å². The molecule has 0 spiro atoms. The second-order valence-electron chi connectivity index (χ2n) is 4.47. The lowest BCUT2D eigenvalue weighted by Crippen LogP contribution is -2.45. The number of nitrogens with one attached hydrogen (secondary N) is 1. The molecule has 0 heterocycles. The molecule has 1 amide bonds. The number of amides is 1. The van der Waals surface area contributed by atoms with Crippen molar-refractivity contribution in [1.82, 2.24) is 5.32 Å². The molecule has 4 nitrogen and oxygen atoms in total. The maximum Gasteiger partial charge on any atom is 0.328 e. The highest BCUT2D eigenvalue weighted by atomic mass is 16.5. The summed E-state index contributed by atoms with van der Waals surface area (Å²) in [6.07, 6.45) is 0.265. The summed E-state index contributed by atoms with van der Waals surface area (Å²) in [4.78, 5) is 23.3. The fourth-order valence-electron chi connectivity index (χ4n) is 1.63. The molecule has 0 bridgehead atoms. The summed E-state index contributed by atoms with van der Waals surface area (Å²) in [6.45, 7) is 3.73. The summed E-state index contributed by atoms with van der Waals surface area (Å²) >= 11 is 0. The molecule has 0 aliphatic rings. The molecule has 18 heavy (non-hydrogen) atoms. The van der Waals surface area contributed by atoms with E-state index in [1.54, 1.807) is 0 Å². The van der Waals surface area contributed by atoms with Gasteiger partial charge < -0.3 is 10.1 Å². The molecule has 0 aliphatic carbocycles. The van der Waals surface area contributed by atoms with Gasteiger partial charge in [0, 0.05) is 0 Å². The largest absolute Gasteiger partial charge is 0.467 e. The zero-order chi connectivity index (χ0) is 13.5. The molecular weight excluding hydrogens is 230 g/mol. The van der Waals surface area contributed by atoms with Crippen LogP contribution in [0, 0.1) is 5.92 Å². The number of ether oxygens (including phenoxy) is 1. The Labute approximate surface area is 107 Å². The summed E-state index contributed by atoms with van der Waals surface area (Å²) in [5, 5.41) is 2.70. The Morgan fingerprint density at radius 1 is 1.22 bits per heavy atom. The maximum atomic E-state index is 11.8. The van der Waals surface area contributed by atoms with Crippen LogP contribution in [0.2, 0.25) is 0 Å². The first-order chi connectivity index (χ1) is 8.54. The molecule has 0 saturated heterocycles. The minimum atomic E-state index is -0.591. The van der Waals surface area contributed by atoms with Gasteiger partial charge in [0.25, 0.3) is 0 Å². The monoisotopic (exact) mass is 249 g/mol. The van der Waals surface area contributed by atoms with Gasteiger partial charge in [-0.2, -0.15) is 0 Å². The van der Waals surface area contributed by atoms with E-state index in [4.69, 9.17) is 0 Å². The fourth-order valence-corrected chi connectivity index (χ4v) is 1.63. The number of carbonyl (C=O) groups excluding carboxylic acids is 2. The molecule has 1 aromatic carbocycles. The van der Waals surface area contributed by atoms with Gasteiger partial charge in [0.1, 0.15) is 6.04 Å². The van der Waals surface area contributed by atoms with Gasteiger partial charge in [-0.3, -0.25) is 4.79 Å². The predicted octanol–water partition coefficient (Wildman–Crippen LogP) is 1.54. The molecular formula is C14H19NO3. The topological polar surface area (TPSA) is 55.4 Å². The average molecular weight is 249 g/mol. The number of rotatable bonds is 5. The number of methoxy groups -OCH3 is 1. The third-order valence-electron chi connectivity index (χ3n) is 2.65. The third-order valence-corrected chi connectivity index (χ3v) is 2.65. The van der Waals surface area contributed by atoms with Gasteiger partial charge in [-0.15, -0.1) is 0 Å². The van der Waals surface area contributed by atoms with Crippen LogP contribution in [0.15, 0.2) is 30.3 Å². The van der Waals surface area contributed by atoms with Gasteiger partial charge in [-0.1, -0.05) is 44.2 Å². The number of hydrogen-bond donors (Lipinski definition) is 1. The number of carbonyl (C=O) groups is 2. The summed E-state index contributed by atoms with van der Waals surface area (Å²) < 4.78 is 4.67. The van der Waals surface area contributed by atoms with E-state index in [0.717, 1.165) is 5.56 Å². The van der Waals surface area contributed by atoms with Crippen molar-refractivity contribution in [3.8, 4) is 0 Å². The normalized spacial score (nSPS) is 12.0. The van der Waals surface area contributed by atoms with Gasteiger partial charge in [0.15, 0.2) is 0 Å². The van der Waals surface area contributed by atoms with Gasteiger partial charge in [0.2, 0.25) is 5.91 Å². The Kier molecular flexibility index (Phi) is 5.36. The van der Waals surface area contributed by atoms with Crippen LogP contribution in [0.4, 0.5) is 0 Å². The average Bonchev–Trinajstić information content (AvgIpc) is 2.36. The third kappa shape index (κ3) is 4.20. The SMILES string of the molecule is COC(=O)C(NC(=O)Cc1ccccc1)C(C)C. The highest BCUT2D eigenvalue weighted by molar-refractivity contribution is 5.85. The Bertz CT molecular complexity index is 401. The van der Waals surface area contributed by atoms with Crippen LogP contribution in [0.3, 0.4) is 0 Å². The molecule has 0 aromatic heterocycles. The zero-order valence-electron chi connectivity index (χ0n) is 11.0. The quantitative estimate of drug-likeness (QED) is 0.805. The molecule has 0 radical (unpaired) electrons. The lowest BCUT2D eigenvalue weighted by Gasteiger charge is -2.19. The first kappa shape index (κ1) is 14.2. The molecule has 1 atom stereocenters. The molecule has 1 N–H and O–H groups in total. The van der Waals surface area contributed by atoms with Crippen LogP contribution < -0.4 is 5.32 Å². The molecule has 1 unspecified atom stereocenters. The van der Waals surface area contributed by atoms with Crippen molar-refractivity contribution in [2.75, 3.05) is 7.11 Å². The smallest absolute Gasteiger partial charge is 0.328 e. The second-order valence-corrected chi connectivity index (χ2v) is 4.47. The van der Waals surface area contributed by atoms with E-state index in [1.165, 1.54) is 7.11 Å². The van der Waals surface area contributed by atoms with E-state index >= 15 is 0 Å². The number of esters is 1. The highest BCUT2D eigenvalue weighted by Gasteiger charge is 2.24. The standard InChI is InChI=1S/C14H19NO3/c1-10(2)13(14(17)18-3)15-12(16)9-11-7-5-4-6-8-11/h4-8,10,13H,9H2,1-3H3,(H,15,16). The van der Waals surface area contributed by atoms with Crippen LogP contribution in [-0.4, -0.2) is 25.0 Å². The molecule has 0 fully saturated rings. The Morgan fingerprint density at radius 3 is 2.33 bits per heavy atom. The lowest BCUT2D eigenvalue weighted by atomic mass is 10.0. The van der Waals surface area contributed by atoms with Crippen molar-refractivity contribution < 1.29 is 14.3 Å². The van der Waals surface area contributed by atoms with Crippen molar-refractivity contribution in [3.05, 3.63) is 35.9 Å². The van der Waals surface area contributed by atoms with Crippen LogP contribution in [0.1, 0.15) is 19.4 Å². The number of benzene rings is 1. The van der Waals surface area contributed by atoms with E-state index in [9.17, 15) is 9.59 Å². The van der Waals surface area contributed by atoms with Crippen molar-refractivity contribution in [2.24, 2.45) is 5.92 Å². The molecule has 1 rings (SSSR count). The van der Waals surface area contributed by atoms with Crippen molar-refractivity contribution in [3.63, 3.8) is 0 Å². The zero-order valence-corrected chi connectivity index (χ0v) is 11.0. The molecule has 0 aliphatic heterocycles. The molecule has 98 valence electrons. The van der Waals surface area contributed by atoms with E-state index in [-0.39, 0.29) is 18.2 Å². The van der Waals surface area contributed by atoms with E-state index in [0.29, 0.717) is 0 Å². The Hall–Kier alpha value is -1.84. The molecule has 0 saturated carbocycles. The van der Waals surface area contributed by atoms with E-state index < -0.39 is 12.0 Å². The summed E-state index contributed by atoms with van der Waals surface area (Å²) in [7, 11) is 1.32. The van der Waals surface area contributed by atoms with Gasteiger partial charge in [-0.25, -0.2) is 4.79 Å². The predicted molar refractivity (Wildman–Crippen MR) is 68.9 cm³/mol. The van der Waals surface area contributed by atoms with Crippen LogP contribution >= 0.6 is 0 Å². The van der Waals surface area contributed by atoms with Gasteiger partial charge in [-0.05, 0) is 11.5 Å². The lowest BCUT2D eigenvalue weighted by molar-refractivity contribution is -0.146. The highest BCUT2D eigenvalue weighted by Crippen LogP contribution is 2.05. The van der Waals surface area contributed by atoms with Gasteiger partial charge in [0.05, 0.1) is 13.5 Å². The number of hydrogen-bond acceptors (Lipinski definition) is 3. The second kappa shape index (κ2) is 6.79. The van der Waals surface area contributed by atoms with Crippen LogP contribution in [0.5, 0.6) is 0 Å². The summed E-state index contributed by atoms with van der Waals surface area (Å²) in [5.74, 6) is -0.589. The Balaban J connectivity index is 2.60. The molecule has 1 aromatic rings. The summed E-state index contributed by atoms with van der Waals surface area (Å²) in [5.41, 5.74) is 0.919. The van der Waals surface area contributed by atoms with E-state index in [1.807, 2.05) is 44.2 Å². The minimum absolute atomic E-state index is 0.00262. The maximum absolute atomic E-state index is 11.8. The first-order valence-electron chi connectivity index (χ1n) is 5.95. The first-order valence-corrected chi connectivity index (χ1v) is 5.95. The van der Waals surface area contributed by atoms with Gasteiger partial charge >= 0.3 is 5.97 Å². The van der Waals surface area contributed by atoms with Crippen molar-refractivity contribution >= 4 is 11.9 Å². The van der Waals surface area contributed by atoms with Crippen molar-refractivity contribution in [1.29, 1.82) is 0 Å². The summed E-state index contributed by atoms with van der Waals surface area (Å²) in [6, 6.07) is 8.81. The Morgan fingerprint density at radius 2 is 1.83 bits per heavy atom. The van der Waals surface area contributed by atoms with Crippen LogP contribution in [-0.2, 0) is 20.7 Å². The van der Waals surface area contributed by atoms with E-state index in [2.05, 4.69) is 10.1 Å². The fraction of sp³-hybridized carbons (Fsp3) is 0.429. The minimum Gasteiger partial charge on any atom is -0.467 e. The molecule has 4 heteroatoms.